The Balaban J connectivity index is 3.24. The summed E-state index contributed by atoms with van der Waals surface area (Å²) in [5.74, 6) is -3.88. The van der Waals surface area contributed by atoms with Gasteiger partial charge in [0.05, 0.1) is 6.04 Å². The molecule has 0 spiro atoms. The number of amides is 5. The van der Waals surface area contributed by atoms with Crippen LogP contribution in [0.5, 0.6) is 0 Å². The summed E-state index contributed by atoms with van der Waals surface area (Å²) >= 11 is 0. The minimum atomic E-state index is -2.29. The van der Waals surface area contributed by atoms with Gasteiger partial charge in [0.15, 0.2) is 0 Å². The maximum Gasteiger partial charge on any atom is 0.318 e. The Labute approximate surface area is 101 Å². The summed E-state index contributed by atoms with van der Waals surface area (Å²) < 4.78 is 0. The van der Waals surface area contributed by atoms with Crippen LogP contribution in [-0.2, 0) is 14.4 Å². The van der Waals surface area contributed by atoms with Gasteiger partial charge in [0.2, 0.25) is 23.2 Å². The lowest BCUT2D eigenvalue weighted by atomic mass is 9.77. The molecule has 18 heavy (non-hydrogen) atoms. The molecule has 98 valence electrons. The summed E-state index contributed by atoms with van der Waals surface area (Å²) in [5.41, 5.74) is 12.6. The van der Waals surface area contributed by atoms with Crippen LogP contribution in [0.15, 0.2) is 4.99 Å². The van der Waals surface area contributed by atoms with Crippen LogP contribution in [0.25, 0.3) is 0 Å². The van der Waals surface area contributed by atoms with Gasteiger partial charge >= 0.3 is 6.03 Å². The lowest BCUT2D eigenvalue weighted by Crippen LogP contribution is -2.67. The highest BCUT2D eigenvalue weighted by atomic mass is 16.2. The van der Waals surface area contributed by atoms with Crippen molar-refractivity contribution < 1.29 is 19.2 Å². The molecule has 1 unspecified atom stereocenters. The van der Waals surface area contributed by atoms with Gasteiger partial charge in [0.25, 0.3) is 5.91 Å². The summed E-state index contributed by atoms with van der Waals surface area (Å²) in [7, 11) is 0. The predicted octanol–water partition coefficient (Wildman–Crippen LogP) is -3.51. The Morgan fingerprint density at radius 2 is 1.78 bits per heavy atom. The molecule has 1 heterocycles. The summed E-state index contributed by atoms with van der Waals surface area (Å²) in [4.78, 5) is 48.4. The van der Waals surface area contributed by atoms with E-state index >= 15 is 0 Å². The van der Waals surface area contributed by atoms with Crippen molar-refractivity contribution in [2.75, 3.05) is 0 Å². The first kappa shape index (κ1) is 13.4. The second-order valence-corrected chi connectivity index (χ2v) is 3.66. The van der Waals surface area contributed by atoms with Gasteiger partial charge < -0.3 is 22.5 Å². The molecule has 1 rings (SSSR count). The summed E-state index contributed by atoms with van der Waals surface area (Å²) in [6.07, 6.45) is 0. The molecule has 0 aromatic carbocycles. The van der Waals surface area contributed by atoms with Crippen LogP contribution < -0.4 is 27.8 Å². The van der Waals surface area contributed by atoms with E-state index in [1.807, 2.05) is 5.32 Å². The molecule has 0 saturated carbocycles. The van der Waals surface area contributed by atoms with Gasteiger partial charge in [-0.2, -0.15) is 4.99 Å². The zero-order valence-corrected chi connectivity index (χ0v) is 9.39. The molecule has 8 N–H and O–H groups in total. The fourth-order valence-corrected chi connectivity index (χ4v) is 1.66. The average molecular weight is 256 g/mol. The third-order valence-electron chi connectivity index (χ3n) is 2.57. The molecule has 0 radical (unpaired) electrons. The maximum absolute atomic E-state index is 11.8. The van der Waals surface area contributed by atoms with Crippen LogP contribution in [0.2, 0.25) is 0 Å². The summed E-state index contributed by atoms with van der Waals surface area (Å²) in [5, 5.41) is 4.46. The predicted molar refractivity (Wildman–Crippen MR) is 58.6 cm³/mol. The second-order valence-electron chi connectivity index (χ2n) is 3.66. The molecule has 0 fully saturated rings. The van der Waals surface area contributed by atoms with Crippen LogP contribution in [-0.4, -0.2) is 35.8 Å². The first-order valence-corrected chi connectivity index (χ1v) is 4.78. The third kappa shape index (κ3) is 1.83. The molecular formula is C8H12N6O4. The standard InChI is InChI=1S/C8H12N6O4/c1-2-8(3(9)15,4(10)16)5(17)13-7(12-2)14-6(11)18/h2H,1H3,(H2,9,15)(H2,10,16)(H4,11,12,13,14,17,18). The van der Waals surface area contributed by atoms with Crippen molar-refractivity contribution in [1.29, 1.82) is 0 Å². The van der Waals surface area contributed by atoms with Crippen LogP contribution in [0.1, 0.15) is 6.92 Å². The van der Waals surface area contributed by atoms with Crippen molar-refractivity contribution in [1.82, 2.24) is 10.6 Å². The van der Waals surface area contributed by atoms with Crippen LogP contribution in [0.4, 0.5) is 4.79 Å². The number of nitrogens with two attached hydrogens (primary N) is 3. The van der Waals surface area contributed by atoms with E-state index in [4.69, 9.17) is 17.2 Å². The number of primary amides is 3. The van der Waals surface area contributed by atoms with Gasteiger partial charge in [-0.3, -0.25) is 19.7 Å². The third-order valence-corrected chi connectivity index (χ3v) is 2.57. The Hall–Kier alpha value is -2.65. The quantitative estimate of drug-likeness (QED) is 0.320. The fourth-order valence-electron chi connectivity index (χ4n) is 1.66. The number of carbonyl (C=O) groups is 4. The lowest BCUT2D eigenvalue weighted by molar-refractivity contribution is -0.149. The molecule has 5 amide bonds. The summed E-state index contributed by atoms with van der Waals surface area (Å²) in [6.45, 7) is 1.32. The van der Waals surface area contributed by atoms with Crippen molar-refractivity contribution in [3.63, 3.8) is 0 Å². The van der Waals surface area contributed by atoms with Crippen molar-refractivity contribution in [3.05, 3.63) is 0 Å². The Kier molecular flexibility index (Phi) is 3.21. The molecule has 10 nitrogen and oxygen atoms in total. The Bertz CT molecular complexity index is 456. The SMILES string of the molecule is CC1NC(NC(N)=O)=NC(=O)C1(C(N)=O)C(N)=O. The number of nitrogens with zero attached hydrogens (tertiary/aromatic N) is 1. The van der Waals surface area contributed by atoms with Gasteiger partial charge in [-0.1, -0.05) is 0 Å². The highest BCUT2D eigenvalue weighted by molar-refractivity contribution is 6.26. The largest absolute Gasteiger partial charge is 0.368 e. The topological polar surface area (TPSA) is 183 Å². The highest BCUT2D eigenvalue weighted by Crippen LogP contribution is 2.26. The van der Waals surface area contributed by atoms with Crippen molar-refractivity contribution >= 4 is 29.7 Å². The smallest absolute Gasteiger partial charge is 0.318 e. The molecule has 0 saturated heterocycles. The first-order valence-electron chi connectivity index (χ1n) is 4.78. The van der Waals surface area contributed by atoms with Gasteiger partial charge in [0, 0.05) is 0 Å². The van der Waals surface area contributed by atoms with Crippen molar-refractivity contribution in [3.8, 4) is 0 Å². The van der Waals surface area contributed by atoms with Crippen LogP contribution in [0, 0.1) is 5.41 Å². The molecule has 1 aliphatic rings. The number of guanidine groups is 1. The van der Waals surface area contributed by atoms with Crippen molar-refractivity contribution in [2.45, 2.75) is 13.0 Å². The van der Waals surface area contributed by atoms with Gasteiger partial charge in [-0.05, 0) is 6.92 Å². The van der Waals surface area contributed by atoms with E-state index in [2.05, 4.69) is 10.3 Å². The fraction of sp³-hybridized carbons (Fsp3) is 0.375. The van der Waals surface area contributed by atoms with E-state index in [0.29, 0.717) is 0 Å². The number of carbonyl (C=O) groups excluding carboxylic acids is 4. The minimum Gasteiger partial charge on any atom is -0.368 e. The number of hydrogen-bond donors (Lipinski definition) is 5. The monoisotopic (exact) mass is 256 g/mol. The zero-order valence-electron chi connectivity index (χ0n) is 9.39. The van der Waals surface area contributed by atoms with E-state index in [1.165, 1.54) is 6.92 Å². The maximum atomic E-state index is 11.8. The number of rotatable bonds is 2. The summed E-state index contributed by atoms with van der Waals surface area (Å²) in [6, 6.07) is -2.04. The van der Waals surface area contributed by atoms with Gasteiger partial charge in [-0.25, -0.2) is 4.79 Å². The molecule has 1 atom stereocenters. The number of hydrogen-bond acceptors (Lipinski definition) is 5. The number of nitrogens with one attached hydrogen (secondary N) is 2. The zero-order chi connectivity index (χ0) is 14.1. The molecule has 0 aromatic heterocycles. The number of urea groups is 1. The van der Waals surface area contributed by atoms with E-state index in [-0.39, 0.29) is 5.96 Å². The van der Waals surface area contributed by atoms with Crippen molar-refractivity contribution in [2.24, 2.45) is 27.6 Å². The molecular weight excluding hydrogens is 244 g/mol. The molecule has 0 aromatic rings. The minimum absolute atomic E-state index is 0.280. The second kappa shape index (κ2) is 4.31. The molecule has 10 heteroatoms. The van der Waals surface area contributed by atoms with Gasteiger partial charge in [0.1, 0.15) is 0 Å². The number of aliphatic imine (C=N–C) groups is 1. The normalized spacial score (nSPS) is 21.5. The van der Waals surface area contributed by atoms with E-state index in [0.717, 1.165) is 0 Å². The van der Waals surface area contributed by atoms with Crippen LogP contribution >= 0.6 is 0 Å². The van der Waals surface area contributed by atoms with Crippen LogP contribution in [0.3, 0.4) is 0 Å². The van der Waals surface area contributed by atoms with E-state index < -0.39 is 35.2 Å². The lowest BCUT2D eigenvalue weighted by Gasteiger charge is -2.34. The molecule has 0 aliphatic carbocycles. The Morgan fingerprint density at radius 1 is 1.28 bits per heavy atom. The Morgan fingerprint density at radius 3 is 2.11 bits per heavy atom. The molecule has 1 aliphatic heterocycles. The van der Waals surface area contributed by atoms with E-state index in [1.54, 1.807) is 0 Å². The first-order chi connectivity index (χ1) is 8.22. The van der Waals surface area contributed by atoms with E-state index in [9.17, 15) is 19.2 Å². The average Bonchev–Trinajstić information content (AvgIpc) is 2.13. The molecule has 0 bridgehead atoms. The highest BCUT2D eigenvalue weighted by Gasteiger charge is 2.57. The van der Waals surface area contributed by atoms with Gasteiger partial charge in [-0.15, -0.1) is 0 Å².